The third-order valence-electron chi connectivity index (χ3n) is 5.57. The van der Waals surface area contributed by atoms with Gasteiger partial charge in [0.1, 0.15) is 5.75 Å². The Kier molecular flexibility index (Phi) is 9.87. The standard InChI is InChI=1S/C26H34O5/c27-26(28)23-12-10-21(11-13-23)22-14-16-24(17-15-22)29-18-6-3-1-2-4-7-19-30-25-9-5-8-20-31-25/h10-17,25H,1-9,18-20H2,(H,27,28). The SMILES string of the molecule is O=C(O)c1ccc(-c2ccc(OCCCCCCCCOC3CCCCO3)cc2)cc1. The minimum atomic E-state index is -0.908. The number of unbranched alkanes of at least 4 members (excludes halogenated alkanes) is 5. The number of carboxylic acid groups (broad SMARTS) is 1. The zero-order valence-corrected chi connectivity index (χ0v) is 18.3. The molecule has 1 aliphatic rings. The van der Waals surface area contributed by atoms with E-state index in [1.165, 1.54) is 38.5 Å². The zero-order chi connectivity index (χ0) is 21.7. The molecule has 0 bridgehead atoms. The van der Waals surface area contributed by atoms with Crippen molar-refractivity contribution in [3.05, 3.63) is 54.1 Å². The summed E-state index contributed by atoms with van der Waals surface area (Å²) in [7, 11) is 0. The van der Waals surface area contributed by atoms with Gasteiger partial charge in [-0.15, -0.1) is 0 Å². The summed E-state index contributed by atoms with van der Waals surface area (Å²) in [6, 6.07) is 14.9. The molecular weight excluding hydrogens is 392 g/mol. The van der Waals surface area contributed by atoms with E-state index < -0.39 is 5.97 Å². The van der Waals surface area contributed by atoms with Crippen LogP contribution in [-0.2, 0) is 9.47 Å². The van der Waals surface area contributed by atoms with Crippen molar-refractivity contribution in [2.75, 3.05) is 19.8 Å². The van der Waals surface area contributed by atoms with Crippen LogP contribution in [0, 0.1) is 0 Å². The molecule has 1 N–H and O–H groups in total. The van der Waals surface area contributed by atoms with Gasteiger partial charge in [-0.25, -0.2) is 4.79 Å². The van der Waals surface area contributed by atoms with Gasteiger partial charge in [-0.05, 0) is 67.5 Å². The fourth-order valence-corrected chi connectivity index (χ4v) is 3.71. The summed E-state index contributed by atoms with van der Waals surface area (Å²) in [6.07, 6.45) is 10.5. The molecule has 3 rings (SSSR count). The summed E-state index contributed by atoms with van der Waals surface area (Å²) in [5.74, 6) is -0.0398. The van der Waals surface area contributed by atoms with Crippen molar-refractivity contribution in [3.63, 3.8) is 0 Å². The zero-order valence-electron chi connectivity index (χ0n) is 18.3. The van der Waals surface area contributed by atoms with Crippen molar-refractivity contribution < 1.29 is 24.1 Å². The topological polar surface area (TPSA) is 65.0 Å². The van der Waals surface area contributed by atoms with E-state index >= 15 is 0 Å². The fourth-order valence-electron chi connectivity index (χ4n) is 3.71. The highest BCUT2D eigenvalue weighted by Gasteiger charge is 2.13. The Morgan fingerprint density at radius 1 is 0.839 bits per heavy atom. The molecule has 2 aromatic rings. The number of hydrogen-bond acceptors (Lipinski definition) is 4. The highest BCUT2D eigenvalue weighted by molar-refractivity contribution is 5.88. The number of carbonyl (C=O) groups is 1. The number of aromatic carboxylic acids is 1. The quantitative estimate of drug-likeness (QED) is 0.380. The molecule has 168 valence electrons. The molecule has 1 fully saturated rings. The molecule has 1 atom stereocenters. The highest BCUT2D eigenvalue weighted by atomic mass is 16.7. The van der Waals surface area contributed by atoms with E-state index in [-0.39, 0.29) is 6.29 Å². The maximum atomic E-state index is 10.9. The fraction of sp³-hybridized carbons (Fsp3) is 0.500. The van der Waals surface area contributed by atoms with Crippen molar-refractivity contribution in [1.29, 1.82) is 0 Å². The maximum absolute atomic E-state index is 10.9. The molecule has 5 nitrogen and oxygen atoms in total. The lowest BCUT2D eigenvalue weighted by molar-refractivity contribution is -0.162. The summed E-state index contributed by atoms with van der Waals surface area (Å²) >= 11 is 0. The smallest absolute Gasteiger partial charge is 0.335 e. The van der Waals surface area contributed by atoms with Crippen molar-refractivity contribution in [1.82, 2.24) is 0 Å². The average Bonchev–Trinajstić information content (AvgIpc) is 2.81. The Balaban J connectivity index is 1.22. The molecule has 0 radical (unpaired) electrons. The molecule has 1 saturated heterocycles. The second-order valence-electron chi connectivity index (χ2n) is 8.04. The highest BCUT2D eigenvalue weighted by Crippen LogP contribution is 2.23. The molecule has 1 unspecified atom stereocenters. The van der Waals surface area contributed by atoms with Crippen molar-refractivity contribution >= 4 is 5.97 Å². The summed E-state index contributed by atoms with van der Waals surface area (Å²) in [4.78, 5) is 10.9. The lowest BCUT2D eigenvalue weighted by Crippen LogP contribution is -2.22. The van der Waals surface area contributed by atoms with Crippen molar-refractivity contribution in [2.24, 2.45) is 0 Å². The Morgan fingerprint density at radius 3 is 2.06 bits per heavy atom. The van der Waals surface area contributed by atoms with Gasteiger partial charge in [0.2, 0.25) is 0 Å². The van der Waals surface area contributed by atoms with Crippen molar-refractivity contribution in [2.45, 2.75) is 64.1 Å². The first-order valence-corrected chi connectivity index (χ1v) is 11.5. The average molecular weight is 427 g/mol. The molecule has 0 spiro atoms. The van der Waals surface area contributed by atoms with Crippen LogP contribution in [0.25, 0.3) is 11.1 Å². The second-order valence-corrected chi connectivity index (χ2v) is 8.04. The van der Waals surface area contributed by atoms with Crippen LogP contribution < -0.4 is 4.74 Å². The van der Waals surface area contributed by atoms with Crippen LogP contribution in [0.15, 0.2) is 48.5 Å². The molecule has 2 aromatic carbocycles. The molecule has 0 amide bonds. The normalized spacial score (nSPS) is 16.2. The Morgan fingerprint density at radius 2 is 1.45 bits per heavy atom. The third-order valence-corrected chi connectivity index (χ3v) is 5.57. The van der Waals surface area contributed by atoms with Gasteiger partial charge < -0.3 is 19.3 Å². The number of benzene rings is 2. The lowest BCUT2D eigenvalue weighted by atomic mass is 10.0. The maximum Gasteiger partial charge on any atom is 0.335 e. The van der Waals surface area contributed by atoms with Crippen LogP contribution in [0.4, 0.5) is 0 Å². The Bertz CT molecular complexity index is 763. The van der Waals surface area contributed by atoms with Crippen LogP contribution in [0.2, 0.25) is 0 Å². The molecule has 0 aliphatic carbocycles. The van der Waals surface area contributed by atoms with Crippen LogP contribution in [0.3, 0.4) is 0 Å². The molecule has 31 heavy (non-hydrogen) atoms. The first kappa shape index (κ1) is 23.3. The van der Waals surface area contributed by atoms with Gasteiger partial charge in [-0.1, -0.05) is 49.9 Å². The van der Waals surface area contributed by atoms with E-state index in [1.807, 2.05) is 36.4 Å². The Hall–Kier alpha value is -2.37. The lowest BCUT2D eigenvalue weighted by Gasteiger charge is -2.22. The van der Waals surface area contributed by atoms with Gasteiger partial charge in [0, 0.05) is 13.2 Å². The first-order valence-electron chi connectivity index (χ1n) is 11.5. The summed E-state index contributed by atoms with van der Waals surface area (Å²) < 4.78 is 17.2. The van der Waals surface area contributed by atoms with E-state index in [0.717, 1.165) is 56.0 Å². The van der Waals surface area contributed by atoms with Crippen LogP contribution in [0.5, 0.6) is 5.75 Å². The minimum Gasteiger partial charge on any atom is -0.494 e. The molecule has 1 heterocycles. The molecule has 0 saturated carbocycles. The van der Waals surface area contributed by atoms with Gasteiger partial charge in [-0.3, -0.25) is 0 Å². The number of ether oxygens (including phenoxy) is 3. The summed E-state index contributed by atoms with van der Waals surface area (Å²) in [5, 5.41) is 8.99. The van der Waals surface area contributed by atoms with E-state index in [9.17, 15) is 4.79 Å². The largest absolute Gasteiger partial charge is 0.494 e. The minimum absolute atomic E-state index is 0.0393. The monoisotopic (exact) mass is 426 g/mol. The Labute approximate surface area is 185 Å². The molecular formula is C26H34O5. The van der Waals surface area contributed by atoms with Crippen molar-refractivity contribution in [3.8, 4) is 16.9 Å². The summed E-state index contributed by atoms with van der Waals surface area (Å²) in [5.41, 5.74) is 2.34. The van der Waals surface area contributed by atoms with Crippen LogP contribution in [-0.4, -0.2) is 37.2 Å². The number of hydrogen-bond donors (Lipinski definition) is 1. The first-order chi connectivity index (χ1) is 15.2. The van der Waals surface area contributed by atoms with Crippen LogP contribution in [0.1, 0.15) is 68.1 Å². The van der Waals surface area contributed by atoms with Gasteiger partial charge in [0.05, 0.1) is 12.2 Å². The predicted molar refractivity (Wildman–Crippen MR) is 122 cm³/mol. The van der Waals surface area contributed by atoms with Gasteiger partial charge in [0.15, 0.2) is 6.29 Å². The summed E-state index contributed by atoms with van der Waals surface area (Å²) in [6.45, 7) is 2.39. The van der Waals surface area contributed by atoms with E-state index in [4.69, 9.17) is 19.3 Å². The van der Waals surface area contributed by atoms with Gasteiger partial charge in [-0.2, -0.15) is 0 Å². The third kappa shape index (κ3) is 8.35. The van der Waals surface area contributed by atoms with E-state index in [1.54, 1.807) is 12.1 Å². The second kappa shape index (κ2) is 13.1. The van der Waals surface area contributed by atoms with Crippen LogP contribution >= 0.6 is 0 Å². The predicted octanol–water partition coefficient (Wildman–Crippen LogP) is 6.31. The number of carboxylic acids is 1. The molecule has 0 aromatic heterocycles. The molecule has 5 heteroatoms. The van der Waals surface area contributed by atoms with E-state index in [0.29, 0.717) is 5.56 Å². The molecule has 1 aliphatic heterocycles. The van der Waals surface area contributed by atoms with Gasteiger partial charge >= 0.3 is 5.97 Å². The number of rotatable bonds is 13. The van der Waals surface area contributed by atoms with E-state index in [2.05, 4.69) is 0 Å². The van der Waals surface area contributed by atoms with Gasteiger partial charge in [0.25, 0.3) is 0 Å².